The van der Waals surface area contributed by atoms with Crippen LogP contribution in [0.2, 0.25) is 0 Å². The first-order valence-electron chi connectivity index (χ1n) is 5.19. The van der Waals surface area contributed by atoms with Crippen molar-refractivity contribution in [2.45, 2.75) is 13.8 Å². The SMILES string of the molecule is Cc1nn(-c2ccc(F)cc2)c(C)c1/C=N\N. The first-order valence-corrected chi connectivity index (χ1v) is 5.19. The average Bonchev–Trinajstić information content (AvgIpc) is 2.59. The zero-order valence-electron chi connectivity index (χ0n) is 9.68. The molecule has 2 rings (SSSR count). The minimum absolute atomic E-state index is 0.265. The summed E-state index contributed by atoms with van der Waals surface area (Å²) in [5.41, 5.74) is 3.45. The molecule has 1 aromatic heterocycles. The Balaban J connectivity index is 2.53. The molecule has 0 saturated carbocycles. The number of nitrogens with two attached hydrogens (primary N) is 1. The van der Waals surface area contributed by atoms with Crippen molar-refractivity contribution in [1.82, 2.24) is 9.78 Å². The van der Waals surface area contributed by atoms with Crippen LogP contribution in [0.4, 0.5) is 4.39 Å². The van der Waals surface area contributed by atoms with E-state index in [1.807, 2.05) is 13.8 Å². The van der Waals surface area contributed by atoms with Crippen molar-refractivity contribution >= 4 is 6.21 Å². The van der Waals surface area contributed by atoms with Crippen molar-refractivity contribution in [3.05, 3.63) is 47.0 Å². The lowest BCUT2D eigenvalue weighted by Crippen LogP contribution is -1.99. The molecule has 0 aliphatic rings. The van der Waals surface area contributed by atoms with Crippen molar-refractivity contribution in [3.8, 4) is 5.69 Å². The third-order valence-corrected chi connectivity index (χ3v) is 2.62. The molecule has 0 bridgehead atoms. The van der Waals surface area contributed by atoms with Crippen molar-refractivity contribution in [2.75, 3.05) is 0 Å². The Hall–Kier alpha value is -2.17. The van der Waals surface area contributed by atoms with E-state index in [2.05, 4.69) is 10.2 Å². The maximum Gasteiger partial charge on any atom is 0.123 e. The Morgan fingerprint density at radius 2 is 1.94 bits per heavy atom. The normalized spacial score (nSPS) is 11.2. The fourth-order valence-corrected chi connectivity index (χ4v) is 1.75. The van der Waals surface area contributed by atoms with E-state index in [-0.39, 0.29) is 5.82 Å². The molecule has 4 nitrogen and oxygen atoms in total. The van der Waals surface area contributed by atoms with Crippen LogP contribution in [0.25, 0.3) is 5.69 Å². The molecule has 0 aliphatic heterocycles. The third-order valence-electron chi connectivity index (χ3n) is 2.62. The summed E-state index contributed by atoms with van der Waals surface area (Å²) in [5, 5.41) is 7.89. The van der Waals surface area contributed by atoms with Gasteiger partial charge in [0.05, 0.1) is 23.3 Å². The summed E-state index contributed by atoms with van der Waals surface area (Å²) in [6.45, 7) is 3.80. The van der Waals surface area contributed by atoms with Crippen LogP contribution in [0.15, 0.2) is 29.4 Å². The van der Waals surface area contributed by atoms with E-state index in [0.717, 1.165) is 22.6 Å². The molecule has 1 heterocycles. The standard InChI is InChI=1S/C12H13FN4/c1-8-12(7-15-14)9(2)17(16-8)11-5-3-10(13)4-6-11/h3-7H,14H2,1-2H3/b15-7-. The molecule has 0 radical (unpaired) electrons. The molecule has 2 aromatic rings. The number of nitrogens with zero attached hydrogens (tertiary/aromatic N) is 3. The highest BCUT2D eigenvalue weighted by molar-refractivity contribution is 5.82. The predicted molar refractivity (Wildman–Crippen MR) is 64.8 cm³/mol. The molecule has 0 unspecified atom stereocenters. The van der Waals surface area contributed by atoms with E-state index >= 15 is 0 Å². The molecule has 1 aromatic carbocycles. The number of aryl methyl sites for hydroxylation is 1. The summed E-state index contributed by atoms with van der Waals surface area (Å²) in [4.78, 5) is 0. The average molecular weight is 232 g/mol. The molecule has 0 aliphatic carbocycles. The molecule has 17 heavy (non-hydrogen) atoms. The van der Waals surface area contributed by atoms with Gasteiger partial charge in [-0.15, -0.1) is 0 Å². The number of aromatic nitrogens is 2. The number of rotatable bonds is 2. The zero-order chi connectivity index (χ0) is 12.4. The maximum absolute atomic E-state index is 12.8. The quantitative estimate of drug-likeness (QED) is 0.488. The maximum atomic E-state index is 12.8. The Labute approximate surface area is 98.6 Å². The van der Waals surface area contributed by atoms with E-state index in [1.54, 1.807) is 23.0 Å². The Bertz CT molecular complexity index is 555. The van der Waals surface area contributed by atoms with Gasteiger partial charge in [-0.25, -0.2) is 9.07 Å². The van der Waals surface area contributed by atoms with Crippen LogP contribution < -0.4 is 5.84 Å². The van der Waals surface area contributed by atoms with Crippen LogP contribution in [0.5, 0.6) is 0 Å². The minimum Gasteiger partial charge on any atom is -0.323 e. The largest absolute Gasteiger partial charge is 0.323 e. The van der Waals surface area contributed by atoms with Crippen LogP contribution in [0.1, 0.15) is 17.0 Å². The third kappa shape index (κ3) is 2.04. The highest BCUT2D eigenvalue weighted by Gasteiger charge is 2.10. The van der Waals surface area contributed by atoms with Gasteiger partial charge >= 0.3 is 0 Å². The molecule has 2 N–H and O–H groups in total. The van der Waals surface area contributed by atoms with E-state index in [4.69, 9.17) is 5.84 Å². The second-order valence-corrected chi connectivity index (χ2v) is 3.75. The highest BCUT2D eigenvalue weighted by Crippen LogP contribution is 2.16. The first kappa shape index (κ1) is 11.3. The summed E-state index contributed by atoms with van der Waals surface area (Å²) >= 11 is 0. The molecule has 5 heteroatoms. The van der Waals surface area contributed by atoms with Gasteiger partial charge in [0.25, 0.3) is 0 Å². The van der Waals surface area contributed by atoms with Crippen LogP contribution in [-0.2, 0) is 0 Å². The van der Waals surface area contributed by atoms with Gasteiger partial charge in [-0.3, -0.25) is 0 Å². The van der Waals surface area contributed by atoms with Crippen LogP contribution in [0, 0.1) is 19.7 Å². The van der Waals surface area contributed by atoms with E-state index in [9.17, 15) is 4.39 Å². The molecule has 0 fully saturated rings. The fourth-order valence-electron chi connectivity index (χ4n) is 1.75. The highest BCUT2D eigenvalue weighted by atomic mass is 19.1. The van der Waals surface area contributed by atoms with E-state index in [0.29, 0.717) is 0 Å². The Morgan fingerprint density at radius 3 is 2.53 bits per heavy atom. The van der Waals surface area contributed by atoms with Crippen molar-refractivity contribution < 1.29 is 4.39 Å². The number of hydrogen-bond acceptors (Lipinski definition) is 3. The first-order chi connectivity index (χ1) is 8.13. The van der Waals surface area contributed by atoms with Crippen molar-refractivity contribution in [1.29, 1.82) is 0 Å². The van der Waals surface area contributed by atoms with Crippen LogP contribution >= 0.6 is 0 Å². The van der Waals surface area contributed by atoms with Gasteiger partial charge in [-0.2, -0.15) is 10.2 Å². The smallest absolute Gasteiger partial charge is 0.123 e. The molecule has 0 saturated heterocycles. The molecular weight excluding hydrogens is 219 g/mol. The lowest BCUT2D eigenvalue weighted by molar-refractivity contribution is 0.627. The molecule has 0 amide bonds. The Kier molecular flexibility index (Phi) is 2.91. The van der Waals surface area contributed by atoms with Gasteiger partial charge in [-0.1, -0.05) is 0 Å². The fraction of sp³-hybridized carbons (Fsp3) is 0.167. The lowest BCUT2D eigenvalue weighted by atomic mass is 10.2. The summed E-state index contributed by atoms with van der Waals surface area (Å²) in [6.07, 6.45) is 1.57. The Morgan fingerprint density at radius 1 is 1.29 bits per heavy atom. The summed E-state index contributed by atoms with van der Waals surface area (Å²) in [7, 11) is 0. The van der Waals surface area contributed by atoms with Gasteiger partial charge in [-0.05, 0) is 38.1 Å². The number of halogens is 1. The van der Waals surface area contributed by atoms with Crippen molar-refractivity contribution in [3.63, 3.8) is 0 Å². The van der Waals surface area contributed by atoms with Crippen molar-refractivity contribution in [2.24, 2.45) is 10.9 Å². The molecular formula is C12H13FN4. The van der Waals surface area contributed by atoms with E-state index in [1.165, 1.54) is 12.1 Å². The summed E-state index contributed by atoms with van der Waals surface area (Å²) in [5.74, 6) is 4.88. The van der Waals surface area contributed by atoms with Gasteiger partial charge in [0, 0.05) is 5.56 Å². The summed E-state index contributed by atoms with van der Waals surface area (Å²) in [6, 6.07) is 6.17. The zero-order valence-corrected chi connectivity index (χ0v) is 9.68. The monoisotopic (exact) mass is 232 g/mol. The second-order valence-electron chi connectivity index (χ2n) is 3.75. The van der Waals surface area contributed by atoms with Crippen LogP contribution in [0.3, 0.4) is 0 Å². The minimum atomic E-state index is -0.265. The molecule has 0 spiro atoms. The van der Waals surface area contributed by atoms with Crippen LogP contribution in [-0.4, -0.2) is 16.0 Å². The molecule has 88 valence electrons. The van der Waals surface area contributed by atoms with Gasteiger partial charge in [0.1, 0.15) is 5.82 Å². The van der Waals surface area contributed by atoms with Gasteiger partial charge in [0.2, 0.25) is 0 Å². The topological polar surface area (TPSA) is 56.2 Å². The predicted octanol–water partition coefficient (Wildman–Crippen LogP) is 1.92. The van der Waals surface area contributed by atoms with E-state index < -0.39 is 0 Å². The number of benzene rings is 1. The lowest BCUT2D eigenvalue weighted by Gasteiger charge is -2.03. The number of hydrogen-bond donors (Lipinski definition) is 1. The molecule has 0 atom stereocenters. The summed E-state index contributed by atoms with van der Waals surface area (Å²) < 4.78 is 14.6. The van der Waals surface area contributed by atoms with Gasteiger partial charge < -0.3 is 5.84 Å². The van der Waals surface area contributed by atoms with Gasteiger partial charge in [0.15, 0.2) is 0 Å². The number of hydrazone groups is 1. The second kappa shape index (κ2) is 4.37.